The van der Waals surface area contributed by atoms with Crippen molar-refractivity contribution in [3.05, 3.63) is 61.0 Å². The van der Waals surface area contributed by atoms with E-state index >= 15 is 0 Å². The first-order valence-corrected chi connectivity index (χ1v) is 4.61. The minimum absolute atomic E-state index is 1.08. The largest absolute Gasteiger partial charge is 0.351 e. The van der Waals surface area contributed by atoms with Crippen LogP contribution in [0.25, 0.3) is 0 Å². The van der Waals surface area contributed by atoms with Crippen molar-refractivity contribution in [1.82, 2.24) is 4.90 Å². The molecule has 0 bridgehead atoms. The van der Waals surface area contributed by atoms with Crippen molar-refractivity contribution in [2.24, 2.45) is 0 Å². The van der Waals surface area contributed by atoms with E-state index in [0.29, 0.717) is 0 Å². The Kier molecular flexibility index (Phi) is 6.21. The van der Waals surface area contributed by atoms with Gasteiger partial charge in [0.2, 0.25) is 0 Å². The summed E-state index contributed by atoms with van der Waals surface area (Å²) in [6.07, 6.45) is 11.5. The Balaban J connectivity index is 4.74. The average molecular weight is 189 g/mol. The summed E-state index contributed by atoms with van der Waals surface area (Å²) in [5.74, 6) is 0. The van der Waals surface area contributed by atoms with Crippen LogP contribution in [-0.4, -0.2) is 11.9 Å². The van der Waals surface area contributed by atoms with Crippen LogP contribution in [-0.2, 0) is 0 Å². The van der Waals surface area contributed by atoms with Gasteiger partial charge in [0.05, 0.1) is 0 Å². The second-order valence-electron chi connectivity index (χ2n) is 3.24. The van der Waals surface area contributed by atoms with Crippen LogP contribution in [0.4, 0.5) is 0 Å². The first-order valence-electron chi connectivity index (χ1n) is 4.61. The van der Waals surface area contributed by atoms with E-state index in [1.807, 2.05) is 25.3 Å². The monoisotopic (exact) mass is 189 g/mol. The second kappa shape index (κ2) is 6.96. The van der Waals surface area contributed by atoms with Crippen molar-refractivity contribution in [1.29, 1.82) is 0 Å². The molecule has 0 heterocycles. The first-order chi connectivity index (χ1) is 6.61. The van der Waals surface area contributed by atoms with E-state index in [-0.39, 0.29) is 0 Å². The third-order valence-corrected chi connectivity index (χ3v) is 1.55. The van der Waals surface area contributed by atoms with Crippen molar-refractivity contribution < 1.29 is 0 Å². The Morgan fingerprint density at radius 1 is 1.14 bits per heavy atom. The van der Waals surface area contributed by atoms with Gasteiger partial charge in [-0.05, 0) is 26.0 Å². The molecule has 0 aromatic carbocycles. The average Bonchev–Trinajstić information content (AvgIpc) is 2.10. The molecule has 0 saturated carbocycles. The van der Waals surface area contributed by atoms with Gasteiger partial charge in [0, 0.05) is 18.9 Å². The number of hydrogen-bond donors (Lipinski definition) is 0. The molecule has 0 fully saturated rings. The van der Waals surface area contributed by atoms with Gasteiger partial charge in [0.15, 0.2) is 0 Å². The number of likely N-dealkylation sites (N-methyl/N-ethyl adjacent to an activating group) is 1. The highest BCUT2D eigenvalue weighted by Gasteiger charge is 1.95. The van der Waals surface area contributed by atoms with Gasteiger partial charge in [-0.25, -0.2) is 0 Å². The number of hydrogen-bond acceptors (Lipinski definition) is 1. The minimum Gasteiger partial charge on any atom is -0.351 e. The number of rotatable bonds is 5. The Labute approximate surface area is 87.4 Å². The van der Waals surface area contributed by atoms with Crippen LogP contribution in [0.1, 0.15) is 13.8 Å². The summed E-state index contributed by atoms with van der Waals surface area (Å²) in [6, 6.07) is 0. The highest BCUT2D eigenvalue weighted by atomic mass is 15.1. The molecule has 0 amide bonds. The molecule has 14 heavy (non-hydrogen) atoms. The molecule has 0 atom stereocenters. The number of allylic oxidation sites excluding steroid dienone is 6. The molecule has 0 aromatic rings. The van der Waals surface area contributed by atoms with Crippen molar-refractivity contribution in [2.45, 2.75) is 13.8 Å². The molecule has 0 aliphatic rings. The zero-order chi connectivity index (χ0) is 11.0. The highest BCUT2D eigenvalue weighted by molar-refractivity contribution is 5.25. The molecular formula is C13H19N. The van der Waals surface area contributed by atoms with E-state index in [1.54, 1.807) is 12.2 Å². The van der Waals surface area contributed by atoms with Crippen LogP contribution >= 0.6 is 0 Å². The van der Waals surface area contributed by atoms with Crippen molar-refractivity contribution in [3.8, 4) is 0 Å². The summed E-state index contributed by atoms with van der Waals surface area (Å²) < 4.78 is 0. The predicted molar refractivity (Wildman–Crippen MR) is 64.8 cm³/mol. The molecular weight excluding hydrogens is 170 g/mol. The Hall–Kier alpha value is -1.50. The second-order valence-corrected chi connectivity index (χ2v) is 3.24. The van der Waals surface area contributed by atoms with Crippen LogP contribution in [0.2, 0.25) is 0 Å². The Morgan fingerprint density at radius 2 is 1.79 bits per heavy atom. The third kappa shape index (κ3) is 5.20. The molecule has 0 unspecified atom stereocenters. The number of nitrogens with zero attached hydrogens (tertiary/aromatic N) is 1. The lowest BCUT2D eigenvalue weighted by Crippen LogP contribution is -2.08. The molecule has 0 aromatic heterocycles. The lowest BCUT2D eigenvalue weighted by atomic mass is 10.3. The smallest absolute Gasteiger partial charge is 0.0403 e. The van der Waals surface area contributed by atoms with Gasteiger partial charge in [-0.1, -0.05) is 37.0 Å². The van der Waals surface area contributed by atoms with Crippen LogP contribution in [0, 0.1) is 0 Å². The van der Waals surface area contributed by atoms with Crippen LogP contribution in [0.15, 0.2) is 61.0 Å². The molecule has 0 aliphatic carbocycles. The maximum atomic E-state index is 3.69. The summed E-state index contributed by atoms with van der Waals surface area (Å²) in [7, 11) is 2.01. The van der Waals surface area contributed by atoms with Crippen molar-refractivity contribution in [3.63, 3.8) is 0 Å². The highest BCUT2D eigenvalue weighted by Crippen LogP contribution is 2.06. The maximum Gasteiger partial charge on any atom is 0.0403 e. The normalized spacial score (nSPS) is 11.2. The molecule has 1 heteroatoms. The van der Waals surface area contributed by atoms with Gasteiger partial charge in [0.1, 0.15) is 0 Å². The zero-order valence-electron chi connectivity index (χ0n) is 9.33. The molecule has 76 valence electrons. The van der Waals surface area contributed by atoms with E-state index in [2.05, 4.69) is 38.1 Å². The van der Waals surface area contributed by atoms with Gasteiger partial charge in [-0.15, -0.1) is 0 Å². The van der Waals surface area contributed by atoms with E-state index in [1.165, 1.54) is 5.57 Å². The fourth-order valence-electron chi connectivity index (χ4n) is 1.04. The summed E-state index contributed by atoms with van der Waals surface area (Å²) in [6.45, 7) is 11.5. The van der Waals surface area contributed by atoms with Gasteiger partial charge < -0.3 is 4.90 Å². The lowest BCUT2D eigenvalue weighted by molar-refractivity contribution is 0.583. The van der Waals surface area contributed by atoms with Crippen LogP contribution in [0.5, 0.6) is 0 Å². The van der Waals surface area contributed by atoms with Crippen LogP contribution in [0.3, 0.4) is 0 Å². The van der Waals surface area contributed by atoms with Gasteiger partial charge in [0.25, 0.3) is 0 Å². The summed E-state index contributed by atoms with van der Waals surface area (Å²) in [5.41, 5.74) is 2.34. The fraction of sp³-hybridized carbons (Fsp3) is 0.231. The molecule has 0 saturated heterocycles. The van der Waals surface area contributed by atoms with Gasteiger partial charge in [-0.3, -0.25) is 0 Å². The molecule has 0 radical (unpaired) electrons. The topological polar surface area (TPSA) is 3.24 Å². The summed E-state index contributed by atoms with van der Waals surface area (Å²) in [5, 5.41) is 0. The zero-order valence-corrected chi connectivity index (χ0v) is 9.33. The quantitative estimate of drug-likeness (QED) is 0.597. The van der Waals surface area contributed by atoms with Gasteiger partial charge >= 0.3 is 0 Å². The molecule has 0 aliphatic heterocycles. The van der Waals surface area contributed by atoms with Gasteiger partial charge in [-0.2, -0.15) is 0 Å². The van der Waals surface area contributed by atoms with E-state index < -0.39 is 0 Å². The van der Waals surface area contributed by atoms with E-state index in [9.17, 15) is 0 Å². The standard InChI is InChI=1S/C13H19N/c1-6-8-10-13(9-7-2)14(5)11-12(3)4/h6-11H,1-2H2,3-5H3/b10-8-,13-9+. The maximum absolute atomic E-state index is 3.69. The van der Waals surface area contributed by atoms with Crippen molar-refractivity contribution >= 4 is 0 Å². The van der Waals surface area contributed by atoms with E-state index in [4.69, 9.17) is 0 Å². The van der Waals surface area contributed by atoms with E-state index in [0.717, 1.165) is 5.70 Å². The predicted octanol–water partition coefficient (Wildman–Crippen LogP) is 3.65. The summed E-state index contributed by atoms with van der Waals surface area (Å²) >= 11 is 0. The van der Waals surface area contributed by atoms with Crippen molar-refractivity contribution in [2.75, 3.05) is 7.05 Å². The molecule has 0 spiro atoms. The fourth-order valence-corrected chi connectivity index (χ4v) is 1.04. The summed E-state index contributed by atoms with van der Waals surface area (Å²) in [4.78, 5) is 2.05. The minimum atomic E-state index is 1.08. The molecule has 1 nitrogen and oxygen atoms in total. The SMILES string of the molecule is C=C/C=C\C(=C/C=C)N(C)C=C(C)C. The van der Waals surface area contributed by atoms with Crippen LogP contribution < -0.4 is 0 Å². The molecule has 0 N–H and O–H groups in total. The first kappa shape index (κ1) is 12.5. The Morgan fingerprint density at radius 3 is 2.21 bits per heavy atom. The molecule has 0 rings (SSSR count). The third-order valence-electron chi connectivity index (χ3n) is 1.55. The Bertz CT molecular complexity index is 276. The lowest BCUT2D eigenvalue weighted by Gasteiger charge is -2.15.